The SMILES string of the molecule is CC(C)Oc1cccc(C2(N)CCc3nc(N)sc3C2)c1F. The number of ether oxygens (including phenoxy) is 1. The van der Waals surface area contributed by atoms with Crippen molar-refractivity contribution in [3.05, 3.63) is 40.2 Å². The molecular formula is C16H20FN3OS. The molecule has 1 atom stereocenters. The standard InChI is InChI=1S/C16H20FN3OS/c1-9(2)21-12-5-3-4-10(14(12)17)16(19)7-6-11-13(8-16)22-15(18)20-11/h3-5,9H,6-8,19H2,1-2H3,(H2,18,20). The fraction of sp³-hybridized carbons (Fsp3) is 0.438. The molecule has 1 aliphatic carbocycles. The van der Waals surface area contributed by atoms with Gasteiger partial charge in [0.25, 0.3) is 0 Å². The highest BCUT2D eigenvalue weighted by atomic mass is 32.1. The molecule has 0 amide bonds. The van der Waals surface area contributed by atoms with E-state index in [1.165, 1.54) is 11.3 Å². The van der Waals surface area contributed by atoms with Gasteiger partial charge in [-0.1, -0.05) is 12.1 Å². The molecule has 0 aliphatic heterocycles. The first-order chi connectivity index (χ1) is 10.4. The van der Waals surface area contributed by atoms with Gasteiger partial charge < -0.3 is 16.2 Å². The molecule has 0 saturated carbocycles. The Balaban J connectivity index is 1.97. The number of fused-ring (bicyclic) bond motifs is 1. The number of thiazole rings is 1. The number of benzene rings is 1. The van der Waals surface area contributed by atoms with E-state index in [1.807, 2.05) is 13.8 Å². The van der Waals surface area contributed by atoms with Crippen LogP contribution in [0.15, 0.2) is 18.2 Å². The van der Waals surface area contributed by atoms with E-state index in [1.54, 1.807) is 18.2 Å². The smallest absolute Gasteiger partial charge is 0.180 e. The Morgan fingerprint density at radius 2 is 2.18 bits per heavy atom. The molecule has 2 aromatic rings. The number of anilines is 1. The van der Waals surface area contributed by atoms with Gasteiger partial charge in [0.05, 0.1) is 11.8 Å². The molecule has 0 fully saturated rings. The van der Waals surface area contributed by atoms with E-state index in [4.69, 9.17) is 16.2 Å². The van der Waals surface area contributed by atoms with Crippen LogP contribution in [-0.4, -0.2) is 11.1 Å². The van der Waals surface area contributed by atoms with Crippen LogP contribution in [0, 0.1) is 5.82 Å². The lowest BCUT2D eigenvalue weighted by Crippen LogP contribution is -2.42. The molecule has 0 radical (unpaired) electrons. The van der Waals surface area contributed by atoms with Crippen molar-refractivity contribution in [3.8, 4) is 5.75 Å². The molecule has 0 spiro atoms. The summed E-state index contributed by atoms with van der Waals surface area (Å²) in [7, 11) is 0. The van der Waals surface area contributed by atoms with E-state index in [2.05, 4.69) is 4.98 Å². The molecular weight excluding hydrogens is 301 g/mol. The van der Waals surface area contributed by atoms with Crippen molar-refractivity contribution in [1.29, 1.82) is 0 Å². The number of aryl methyl sites for hydroxylation is 1. The van der Waals surface area contributed by atoms with E-state index >= 15 is 0 Å². The third kappa shape index (κ3) is 2.68. The topological polar surface area (TPSA) is 74.2 Å². The van der Waals surface area contributed by atoms with Gasteiger partial charge in [0, 0.05) is 22.4 Å². The minimum Gasteiger partial charge on any atom is -0.488 e. The number of nitrogens with two attached hydrogens (primary N) is 2. The fourth-order valence-electron chi connectivity index (χ4n) is 2.92. The van der Waals surface area contributed by atoms with Crippen molar-refractivity contribution in [2.45, 2.75) is 44.8 Å². The van der Waals surface area contributed by atoms with E-state index in [0.717, 1.165) is 10.6 Å². The van der Waals surface area contributed by atoms with Crippen LogP contribution in [0.4, 0.5) is 9.52 Å². The van der Waals surface area contributed by atoms with Crippen molar-refractivity contribution < 1.29 is 9.13 Å². The summed E-state index contributed by atoms with van der Waals surface area (Å²) in [5.74, 6) is -0.105. The average molecular weight is 321 g/mol. The summed E-state index contributed by atoms with van der Waals surface area (Å²) in [6.07, 6.45) is 1.83. The van der Waals surface area contributed by atoms with Gasteiger partial charge in [-0.15, -0.1) is 11.3 Å². The molecule has 6 heteroatoms. The Bertz CT molecular complexity index is 701. The Morgan fingerprint density at radius 1 is 1.41 bits per heavy atom. The van der Waals surface area contributed by atoms with Crippen molar-refractivity contribution in [3.63, 3.8) is 0 Å². The second-order valence-electron chi connectivity index (χ2n) is 6.04. The zero-order valence-corrected chi connectivity index (χ0v) is 13.5. The first kappa shape index (κ1) is 15.2. The number of aromatic nitrogens is 1. The summed E-state index contributed by atoms with van der Waals surface area (Å²) in [5.41, 5.74) is 13.1. The highest BCUT2D eigenvalue weighted by Crippen LogP contribution is 2.40. The molecule has 118 valence electrons. The van der Waals surface area contributed by atoms with E-state index in [-0.39, 0.29) is 17.7 Å². The van der Waals surface area contributed by atoms with Crippen LogP contribution in [-0.2, 0) is 18.4 Å². The van der Waals surface area contributed by atoms with Gasteiger partial charge in [0.15, 0.2) is 16.7 Å². The third-order valence-corrected chi connectivity index (χ3v) is 4.87. The van der Waals surface area contributed by atoms with Gasteiger partial charge in [-0.2, -0.15) is 0 Å². The van der Waals surface area contributed by atoms with Crippen LogP contribution in [0.5, 0.6) is 5.75 Å². The summed E-state index contributed by atoms with van der Waals surface area (Å²) >= 11 is 1.44. The number of nitrogen functional groups attached to an aromatic ring is 1. The number of hydrogen-bond acceptors (Lipinski definition) is 5. The van der Waals surface area contributed by atoms with Crippen LogP contribution in [0.2, 0.25) is 0 Å². The minimum atomic E-state index is -0.744. The molecule has 4 nitrogen and oxygen atoms in total. The molecule has 1 aliphatic rings. The Kier molecular flexibility index (Phi) is 3.82. The zero-order chi connectivity index (χ0) is 15.9. The van der Waals surface area contributed by atoms with E-state index < -0.39 is 5.54 Å². The second kappa shape index (κ2) is 5.52. The molecule has 0 bridgehead atoms. The van der Waals surface area contributed by atoms with Gasteiger partial charge in [-0.05, 0) is 32.8 Å². The summed E-state index contributed by atoms with van der Waals surface area (Å²) in [5, 5.41) is 0.548. The second-order valence-corrected chi connectivity index (χ2v) is 7.15. The van der Waals surface area contributed by atoms with Gasteiger partial charge >= 0.3 is 0 Å². The van der Waals surface area contributed by atoms with Crippen LogP contribution in [0.3, 0.4) is 0 Å². The maximum Gasteiger partial charge on any atom is 0.180 e. The van der Waals surface area contributed by atoms with Crippen LogP contribution in [0.25, 0.3) is 0 Å². The maximum atomic E-state index is 14.8. The quantitative estimate of drug-likeness (QED) is 0.911. The normalized spacial score (nSPS) is 21.0. The predicted octanol–water partition coefficient (Wildman–Crippen LogP) is 2.99. The minimum absolute atomic E-state index is 0.0854. The molecule has 1 unspecified atom stereocenters. The molecule has 1 heterocycles. The van der Waals surface area contributed by atoms with Crippen molar-refractivity contribution in [2.24, 2.45) is 5.73 Å². The first-order valence-corrected chi connectivity index (χ1v) is 8.19. The van der Waals surface area contributed by atoms with Gasteiger partial charge in [0.1, 0.15) is 0 Å². The summed E-state index contributed by atoms with van der Waals surface area (Å²) in [6, 6.07) is 5.18. The summed E-state index contributed by atoms with van der Waals surface area (Å²) in [4.78, 5) is 5.37. The summed E-state index contributed by atoms with van der Waals surface area (Å²) in [6.45, 7) is 3.74. The summed E-state index contributed by atoms with van der Waals surface area (Å²) < 4.78 is 20.3. The molecule has 4 N–H and O–H groups in total. The highest BCUT2D eigenvalue weighted by Gasteiger charge is 2.37. The van der Waals surface area contributed by atoms with Crippen molar-refractivity contribution >= 4 is 16.5 Å². The van der Waals surface area contributed by atoms with Crippen molar-refractivity contribution in [2.75, 3.05) is 5.73 Å². The molecule has 1 aromatic carbocycles. The van der Waals surface area contributed by atoms with Crippen LogP contribution >= 0.6 is 11.3 Å². The highest BCUT2D eigenvalue weighted by molar-refractivity contribution is 7.15. The number of hydrogen-bond donors (Lipinski definition) is 2. The lowest BCUT2D eigenvalue weighted by Gasteiger charge is -2.33. The fourth-order valence-corrected chi connectivity index (χ4v) is 3.93. The third-order valence-electron chi connectivity index (χ3n) is 3.94. The monoisotopic (exact) mass is 321 g/mol. The lowest BCUT2D eigenvalue weighted by atomic mass is 9.78. The number of rotatable bonds is 3. The van der Waals surface area contributed by atoms with Crippen LogP contribution < -0.4 is 16.2 Å². The zero-order valence-electron chi connectivity index (χ0n) is 12.7. The van der Waals surface area contributed by atoms with Crippen LogP contribution in [0.1, 0.15) is 36.4 Å². The molecule has 0 saturated heterocycles. The van der Waals surface area contributed by atoms with Gasteiger partial charge in [-0.25, -0.2) is 9.37 Å². The van der Waals surface area contributed by atoms with Crippen molar-refractivity contribution in [1.82, 2.24) is 4.98 Å². The molecule has 3 rings (SSSR count). The van der Waals surface area contributed by atoms with E-state index in [9.17, 15) is 4.39 Å². The first-order valence-electron chi connectivity index (χ1n) is 7.37. The number of nitrogens with zero attached hydrogens (tertiary/aromatic N) is 1. The molecule has 1 aromatic heterocycles. The Labute approximate surface area is 133 Å². The maximum absolute atomic E-state index is 14.8. The predicted molar refractivity (Wildman–Crippen MR) is 86.6 cm³/mol. The largest absolute Gasteiger partial charge is 0.488 e. The average Bonchev–Trinajstić information content (AvgIpc) is 2.79. The Hall–Kier alpha value is -1.66. The van der Waals surface area contributed by atoms with Gasteiger partial charge in [0.2, 0.25) is 0 Å². The lowest BCUT2D eigenvalue weighted by molar-refractivity contribution is 0.228. The Morgan fingerprint density at radius 3 is 2.91 bits per heavy atom. The van der Waals surface area contributed by atoms with E-state index in [0.29, 0.717) is 30.0 Å². The number of halogens is 1. The molecule has 22 heavy (non-hydrogen) atoms. The van der Waals surface area contributed by atoms with Gasteiger partial charge in [-0.3, -0.25) is 0 Å².